The van der Waals surface area contributed by atoms with Crippen LogP contribution in [-0.4, -0.2) is 26.4 Å². The number of thioether (sulfide) groups is 1. The number of halogens is 1. The number of aromatic nitrogens is 3. The van der Waals surface area contributed by atoms with Crippen molar-refractivity contribution < 1.29 is 4.79 Å². The number of carbonyl (C=O) groups excluding carboxylic acids is 1. The van der Waals surface area contributed by atoms with Gasteiger partial charge in [-0.3, -0.25) is 4.79 Å². The van der Waals surface area contributed by atoms with E-state index in [1.165, 1.54) is 11.8 Å². The highest BCUT2D eigenvalue weighted by atomic mass is 35.5. The molecule has 1 aromatic carbocycles. The van der Waals surface area contributed by atoms with E-state index in [0.717, 1.165) is 41.5 Å². The predicted octanol–water partition coefficient (Wildman–Crippen LogP) is 4.50. The third-order valence-corrected chi connectivity index (χ3v) is 5.11. The Hall–Kier alpha value is -1.79. The smallest absolute Gasteiger partial charge is 0.234 e. The van der Waals surface area contributed by atoms with E-state index in [1.807, 2.05) is 29.7 Å². The first-order chi connectivity index (χ1) is 12.1. The Morgan fingerprint density at radius 1 is 1.44 bits per heavy atom. The summed E-state index contributed by atoms with van der Waals surface area (Å²) in [6.45, 7) is 8.46. The SMILES string of the molecule is C=CCn1c(CCCC)nnc1SCC(=O)Nc1cccc(Cl)c1C. The van der Waals surface area contributed by atoms with Crippen molar-refractivity contribution in [3.05, 3.63) is 47.3 Å². The average molecular weight is 379 g/mol. The molecule has 0 aliphatic carbocycles. The third kappa shape index (κ3) is 5.34. The van der Waals surface area contributed by atoms with E-state index in [1.54, 1.807) is 6.07 Å². The van der Waals surface area contributed by atoms with Gasteiger partial charge in [0.05, 0.1) is 5.75 Å². The van der Waals surface area contributed by atoms with Gasteiger partial charge in [0.1, 0.15) is 5.82 Å². The molecule has 2 aromatic rings. The van der Waals surface area contributed by atoms with E-state index in [0.29, 0.717) is 11.6 Å². The van der Waals surface area contributed by atoms with E-state index in [4.69, 9.17) is 11.6 Å². The fraction of sp³-hybridized carbons (Fsp3) is 0.389. The van der Waals surface area contributed by atoms with Crippen molar-refractivity contribution in [2.45, 2.75) is 44.8 Å². The number of unbranched alkanes of at least 4 members (excludes halogenated alkanes) is 1. The number of amides is 1. The maximum absolute atomic E-state index is 12.2. The van der Waals surface area contributed by atoms with Crippen molar-refractivity contribution >= 4 is 35.0 Å². The molecule has 1 N–H and O–H groups in total. The van der Waals surface area contributed by atoms with Crippen LogP contribution in [0.2, 0.25) is 5.02 Å². The van der Waals surface area contributed by atoms with Gasteiger partial charge >= 0.3 is 0 Å². The number of anilines is 1. The number of nitrogens with zero attached hydrogens (tertiary/aromatic N) is 3. The summed E-state index contributed by atoms with van der Waals surface area (Å²) in [4.78, 5) is 12.2. The Kier molecular flexibility index (Phi) is 7.52. The quantitative estimate of drug-likeness (QED) is 0.515. The Bertz CT molecular complexity index is 745. The van der Waals surface area contributed by atoms with E-state index >= 15 is 0 Å². The second-order valence-corrected chi connectivity index (χ2v) is 7.00. The lowest BCUT2D eigenvalue weighted by molar-refractivity contribution is -0.113. The Morgan fingerprint density at radius 2 is 2.24 bits per heavy atom. The summed E-state index contributed by atoms with van der Waals surface area (Å²) in [5.41, 5.74) is 1.59. The lowest BCUT2D eigenvalue weighted by Crippen LogP contribution is -2.15. The zero-order chi connectivity index (χ0) is 18.2. The fourth-order valence-electron chi connectivity index (χ4n) is 2.32. The maximum atomic E-state index is 12.2. The number of carbonyl (C=O) groups is 1. The van der Waals surface area contributed by atoms with Gasteiger partial charge in [-0.2, -0.15) is 0 Å². The van der Waals surface area contributed by atoms with Crippen molar-refractivity contribution in [2.24, 2.45) is 0 Å². The number of hydrogen-bond acceptors (Lipinski definition) is 4. The van der Waals surface area contributed by atoms with Crippen LogP contribution in [0.3, 0.4) is 0 Å². The first-order valence-electron chi connectivity index (χ1n) is 8.27. The lowest BCUT2D eigenvalue weighted by Gasteiger charge is -2.10. The van der Waals surface area contributed by atoms with Crippen LogP contribution in [0.5, 0.6) is 0 Å². The molecule has 0 atom stereocenters. The number of hydrogen-bond donors (Lipinski definition) is 1. The molecule has 0 radical (unpaired) electrons. The Morgan fingerprint density at radius 3 is 2.96 bits per heavy atom. The minimum Gasteiger partial charge on any atom is -0.325 e. The van der Waals surface area contributed by atoms with Crippen LogP contribution in [0.1, 0.15) is 31.2 Å². The van der Waals surface area contributed by atoms with Crippen LogP contribution in [0.4, 0.5) is 5.69 Å². The van der Waals surface area contributed by atoms with Crippen LogP contribution >= 0.6 is 23.4 Å². The zero-order valence-electron chi connectivity index (χ0n) is 14.6. The topological polar surface area (TPSA) is 59.8 Å². The summed E-state index contributed by atoms with van der Waals surface area (Å²) in [5, 5.41) is 12.7. The molecule has 1 heterocycles. The van der Waals surface area contributed by atoms with E-state index in [2.05, 4.69) is 29.0 Å². The molecule has 0 saturated heterocycles. The minimum absolute atomic E-state index is 0.0985. The summed E-state index contributed by atoms with van der Waals surface area (Å²) in [7, 11) is 0. The van der Waals surface area contributed by atoms with Gasteiger partial charge in [-0.15, -0.1) is 16.8 Å². The monoisotopic (exact) mass is 378 g/mol. The molecule has 5 nitrogen and oxygen atoms in total. The predicted molar refractivity (Wildman–Crippen MR) is 104 cm³/mol. The molecule has 0 aliphatic rings. The van der Waals surface area contributed by atoms with Gasteiger partial charge in [0.15, 0.2) is 5.16 Å². The molecule has 134 valence electrons. The number of aryl methyl sites for hydroxylation is 1. The summed E-state index contributed by atoms with van der Waals surface area (Å²) < 4.78 is 2.02. The summed E-state index contributed by atoms with van der Waals surface area (Å²) in [6.07, 6.45) is 4.86. The number of benzene rings is 1. The highest BCUT2D eigenvalue weighted by Gasteiger charge is 2.14. The zero-order valence-corrected chi connectivity index (χ0v) is 16.2. The summed E-state index contributed by atoms with van der Waals surface area (Å²) in [5.74, 6) is 1.10. The second kappa shape index (κ2) is 9.63. The average Bonchev–Trinajstić information content (AvgIpc) is 2.97. The molecule has 2 rings (SSSR count). The molecule has 1 aromatic heterocycles. The second-order valence-electron chi connectivity index (χ2n) is 5.65. The number of rotatable bonds is 9. The van der Waals surface area contributed by atoms with E-state index in [9.17, 15) is 4.79 Å². The molecule has 1 amide bonds. The van der Waals surface area contributed by atoms with Gasteiger partial charge in [-0.25, -0.2) is 0 Å². The maximum Gasteiger partial charge on any atom is 0.234 e. The normalized spacial score (nSPS) is 10.7. The largest absolute Gasteiger partial charge is 0.325 e. The van der Waals surface area contributed by atoms with Crippen molar-refractivity contribution in [3.8, 4) is 0 Å². The molecule has 0 bridgehead atoms. The fourth-order valence-corrected chi connectivity index (χ4v) is 3.26. The molecule has 0 aliphatic heterocycles. The Balaban J connectivity index is 2.00. The molecular formula is C18H23ClN4OS. The highest BCUT2D eigenvalue weighted by molar-refractivity contribution is 7.99. The standard InChI is InChI=1S/C18H23ClN4OS/c1-4-6-10-16-21-22-18(23(16)11-5-2)25-12-17(24)20-15-9-7-8-14(19)13(15)3/h5,7-9H,2,4,6,10-12H2,1,3H3,(H,20,24). The van der Waals surface area contributed by atoms with Crippen molar-refractivity contribution in [1.29, 1.82) is 0 Å². The summed E-state index contributed by atoms with van der Waals surface area (Å²) >= 11 is 7.46. The molecule has 0 unspecified atom stereocenters. The summed E-state index contributed by atoms with van der Waals surface area (Å²) in [6, 6.07) is 5.46. The lowest BCUT2D eigenvalue weighted by atomic mass is 10.2. The molecule has 0 fully saturated rings. The van der Waals surface area contributed by atoms with Gasteiger partial charge < -0.3 is 9.88 Å². The van der Waals surface area contributed by atoms with E-state index in [-0.39, 0.29) is 11.7 Å². The van der Waals surface area contributed by atoms with Crippen LogP contribution in [0.15, 0.2) is 36.0 Å². The van der Waals surface area contributed by atoms with Crippen LogP contribution in [-0.2, 0) is 17.8 Å². The number of allylic oxidation sites excluding steroid dienone is 1. The third-order valence-electron chi connectivity index (χ3n) is 3.73. The highest BCUT2D eigenvalue weighted by Crippen LogP contribution is 2.24. The molecular weight excluding hydrogens is 356 g/mol. The van der Waals surface area contributed by atoms with Gasteiger partial charge in [0.2, 0.25) is 5.91 Å². The van der Waals surface area contributed by atoms with Crippen LogP contribution in [0, 0.1) is 6.92 Å². The number of nitrogens with one attached hydrogen (secondary N) is 1. The first kappa shape index (κ1) is 19.5. The van der Waals surface area contributed by atoms with Crippen LogP contribution < -0.4 is 5.32 Å². The van der Waals surface area contributed by atoms with Gasteiger partial charge in [-0.1, -0.05) is 48.8 Å². The van der Waals surface area contributed by atoms with E-state index < -0.39 is 0 Å². The van der Waals surface area contributed by atoms with Crippen LogP contribution in [0.25, 0.3) is 0 Å². The van der Waals surface area contributed by atoms with Crippen molar-refractivity contribution in [1.82, 2.24) is 14.8 Å². The van der Waals surface area contributed by atoms with Gasteiger partial charge in [-0.05, 0) is 31.0 Å². The van der Waals surface area contributed by atoms with Gasteiger partial charge in [0.25, 0.3) is 0 Å². The molecule has 7 heteroatoms. The Labute approximate surface area is 157 Å². The van der Waals surface area contributed by atoms with Crippen molar-refractivity contribution in [3.63, 3.8) is 0 Å². The van der Waals surface area contributed by atoms with Crippen molar-refractivity contribution in [2.75, 3.05) is 11.1 Å². The molecule has 25 heavy (non-hydrogen) atoms. The minimum atomic E-state index is -0.0985. The van der Waals surface area contributed by atoms with Gasteiger partial charge in [0, 0.05) is 23.7 Å². The molecule has 0 saturated carbocycles. The molecule has 0 spiro atoms. The first-order valence-corrected chi connectivity index (χ1v) is 9.63.